The van der Waals surface area contributed by atoms with Gasteiger partial charge in [0.2, 0.25) is 0 Å². The standard InChI is InChI=1S/C17H20N2O4.ClH/c20-15-12-6-1-2-7-13(12)16(21)19(15)11-4-3-9-18-10-5-8-14(18)17(22)23;/h1-2,6-7,14H,3-5,8-11H2,(H,22,23);1H/t14-;/m0./s1. The predicted octanol–water partition coefficient (Wildman–Crippen LogP) is 2.03. The lowest BCUT2D eigenvalue weighted by molar-refractivity contribution is -0.142. The van der Waals surface area contributed by atoms with Gasteiger partial charge in [0.1, 0.15) is 6.04 Å². The van der Waals surface area contributed by atoms with Crippen LogP contribution in [0.1, 0.15) is 46.4 Å². The van der Waals surface area contributed by atoms with Crippen molar-refractivity contribution in [2.45, 2.75) is 31.7 Å². The van der Waals surface area contributed by atoms with Gasteiger partial charge >= 0.3 is 5.97 Å². The minimum Gasteiger partial charge on any atom is -0.480 e. The minimum absolute atomic E-state index is 0. The molecule has 24 heavy (non-hydrogen) atoms. The van der Waals surface area contributed by atoms with Crippen molar-refractivity contribution < 1.29 is 19.5 Å². The Morgan fingerprint density at radius 3 is 2.25 bits per heavy atom. The normalized spacial score (nSPS) is 20.2. The van der Waals surface area contributed by atoms with Crippen LogP contribution >= 0.6 is 12.4 Å². The van der Waals surface area contributed by atoms with E-state index in [-0.39, 0.29) is 30.3 Å². The number of likely N-dealkylation sites (tertiary alicyclic amines) is 1. The first kappa shape index (κ1) is 18.4. The second-order valence-corrected chi connectivity index (χ2v) is 6.05. The SMILES string of the molecule is Cl.O=C(O)[C@@H]1CCCN1CCCCN1C(=O)c2ccccc2C1=O. The van der Waals surface area contributed by atoms with Crippen molar-refractivity contribution in [3.05, 3.63) is 35.4 Å². The molecule has 2 amide bonds. The molecular weight excluding hydrogens is 332 g/mol. The Morgan fingerprint density at radius 1 is 1.08 bits per heavy atom. The molecule has 7 heteroatoms. The molecule has 0 radical (unpaired) electrons. The summed E-state index contributed by atoms with van der Waals surface area (Å²) in [6, 6.07) is 6.49. The van der Waals surface area contributed by atoms with Crippen LogP contribution in [-0.4, -0.2) is 58.4 Å². The maximum atomic E-state index is 12.2. The molecular formula is C17H21ClN2O4. The summed E-state index contributed by atoms with van der Waals surface area (Å²) < 4.78 is 0. The third-order valence-corrected chi connectivity index (χ3v) is 4.60. The first-order valence-electron chi connectivity index (χ1n) is 8.01. The average Bonchev–Trinajstić information content (AvgIpc) is 3.10. The zero-order valence-electron chi connectivity index (χ0n) is 13.3. The third-order valence-electron chi connectivity index (χ3n) is 4.60. The van der Waals surface area contributed by atoms with Crippen LogP contribution in [0.5, 0.6) is 0 Å². The van der Waals surface area contributed by atoms with Crippen LogP contribution in [0.4, 0.5) is 0 Å². The van der Waals surface area contributed by atoms with Gasteiger partial charge in [-0.05, 0) is 50.9 Å². The van der Waals surface area contributed by atoms with Crippen LogP contribution in [0.15, 0.2) is 24.3 Å². The summed E-state index contributed by atoms with van der Waals surface area (Å²) in [6.45, 7) is 1.89. The number of aliphatic carboxylic acids is 1. The summed E-state index contributed by atoms with van der Waals surface area (Å²) in [7, 11) is 0. The van der Waals surface area contributed by atoms with Crippen molar-refractivity contribution in [3.8, 4) is 0 Å². The highest BCUT2D eigenvalue weighted by Gasteiger charge is 2.34. The number of hydrogen-bond acceptors (Lipinski definition) is 4. The van der Waals surface area contributed by atoms with E-state index < -0.39 is 5.97 Å². The van der Waals surface area contributed by atoms with Crippen molar-refractivity contribution in [1.29, 1.82) is 0 Å². The van der Waals surface area contributed by atoms with Gasteiger partial charge in [-0.25, -0.2) is 0 Å². The quantitative estimate of drug-likeness (QED) is 0.626. The van der Waals surface area contributed by atoms with Gasteiger partial charge in [-0.2, -0.15) is 0 Å². The van der Waals surface area contributed by atoms with Crippen molar-refractivity contribution in [2.75, 3.05) is 19.6 Å². The Morgan fingerprint density at radius 2 is 1.67 bits per heavy atom. The van der Waals surface area contributed by atoms with E-state index in [1.165, 1.54) is 4.90 Å². The summed E-state index contributed by atoms with van der Waals surface area (Å²) >= 11 is 0. The number of fused-ring (bicyclic) bond motifs is 1. The Hall–Kier alpha value is -1.92. The maximum absolute atomic E-state index is 12.2. The predicted molar refractivity (Wildman–Crippen MR) is 90.5 cm³/mol. The molecule has 2 aliphatic heterocycles. The van der Waals surface area contributed by atoms with E-state index in [0.29, 0.717) is 37.1 Å². The molecule has 3 rings (SSSR count). The summed E-state index contributed by atoms with van der Waals surface area (Å²) in [6.07, 6.45) is 3.08. The first-order valence-corrected chi connectivity index (χ1v) is 8.01. The number of benzene rings is 1. The molecule has 130 valence electrons. The Bertz CT molecular complexity index is 614. The first-order chi connectivity index (χ1) is 11.1. The molecule has 2 heterocycles. The molecule has 1 fully saturated rings. The lowest BCUT2D eigenvalue weighted by atomic mass is 10.1. The van der Waals surface area contributed by atoms with E-state index in [2.05, 4.69) is 0 Å². The fraction of sp³-hybridized carbons (Fsp3) is 0.471. The van der Waals surface area contributed by atoms with Crippen molar-refractivity contribution in [2.24, 2.45) is 0 Å². The average molecular weight is 353 g/mol. The number of imide groups is 1. The number of carbonyl (C=O) groups excluding carboxylic acids is 2. The smallest absolute Gasteiger partial charge is 0.320 e. The van der Waals surface area contributed by atoms with Crippen molar-refractivity contribution in [3.63, 3.8) is 0 Å². The molecule has 1 aromatic rings. The number of carboxylic acid groups (broad SMARTS) is 1. The molecule has 1 saturated heterocycles. The van der Waals surface area contributed by atoms with E-state index in [9.17, 15) is 14.4 Å². The number of unbranched alkanes of at least 4 members (excludes halogenated alkanes) is 1. The molecule has 6 nitrogen and oxygen atoms in total. The summed E-state index contributed by atoms with van der Waals surface area (Å²) in [4.78, 5) is 38.8. The van der Waals surface area contributed by atoms with Crippen LogP contribution in [0, 0.1) is 0 Å². The highest BCUT2D eigenvalue weighted by atomic mass is 35.5. The van der Waals surface area contributed by atoms with Gasteiger partial charge in [0, 0.05) is 6.54 Å². The molecule has 0 bridgehead atoms. The van der Waals surface area contributed by atoms with E-state index in [1.54, 1.807) is 24.3 Å². The van der Waals surface area contributed by atoms with Crippen LogP contribution in [0.25, 0.3) is 0 Å². The molecule has 0 saturated carbocycles. The fourth-order valence-electron chi connectivity index (χ4n) is 3.40. The molecule has 0 unspecified atom stereocenters. The highest BCUT2D eigenvalue weighted by Crippen LogP contribution is 2.23. The third kappa shape index (κ3) is 3.44. The van der Waals surface area contributed by atoms with Crippen LogP contribution in [0.2, 0.25) is 0 Å². The van der Waals surface area contributed by atoms with Gasteiger partial charge in [-0.1, -0.05) is 12.1 Å². The molecule has 0 spiro atoms. The lowest BCUT2D eigenvalue weighted by Gasteiger charge is -2.21. The zero-order valence-corrected chi connectivity index (χ0v) is 14.1. The summed E-state index contributed by atoms with van der Waals surface area (Å²) in [5.74, 6) is -1.21. The Kier molecular flexibility index (Phi) is 5.96. The van der Waals surface area contributed by atoms with Crippen LogP contribution < -0.4 is 0 Å². The minimum atomic E-state index is -0.761. The molecule has 2 aliphatic rings. The van der Waals surface area contributed by atoms with Gasteiger partial charge < -0.3 is 5.11 Å². The molecule has 1 aromatic carbocycles. The van der Waals surface area contributed by atoms with Gasteiger partial charge in [-0.15, -0.1) is 12.4 Å². The van der Waals surface area contributed by atoms with Crippen LogP contribution in [0.3, 0.4) is 0 Å². The molecule has 1 N–H and O–H groups in total. The fourth-order valence-corrected chi connectivity index (χ4v) is 3.40. The van der Waals surface area contributed by atoms with E-state index >= 15 is 0 Å². The van der Waals surface area contributed by atoms with Crippen LogP contribution in [-0.2, 0) is 4.79 Å². The monoisotopic (exact) mass is 352 g/mol. The second kappa shape index (κ2) is 7.77. The zero-order chi connectivity index (χ0) is 16.4. The Labute approximate surface area is 146 Å². The lowest BCUT2D eigenvalue weighted by Crippen LogP contribution is -2.37. The second-order valence-electron chi connectivity index (χ2n) is 6.05. The largest absolute Gasteiger partial charge is 0.480 e. The molecule has 0 aromatic heterocycles. The maximum Gasteiger partial charge on any atom is 0.320 e. The number of nitrogens with zero attached hydrogens (tertiary/aromatic N) is 2. The van der Waals surface area contributed by atoms with Gasteiger partial charge in [0.05, 0.1) is 11.1 Å². The molecule has 1 atom stereocenters. The number of hydrogen-bond donors (Lipinski definition) is 1. The number of amides is 2. The van der Waals surface area contributed by atoms with E-state index in [1.807, 2.05) is 4.90 Å². The van der Waals surface area contributed by atoms with E-state index in [4.69, 9.17) is 5.11 Å². The van der Waals surface area contributed by atoms with Crippen molar-refractivity contribution in [1.82, 2.24) is 9.80 Å². The highest BCUT2D eigenvalue weighted by molar-refractivity contribution is 6.21. The van der Waals surface area contributed by atoms with E-state index in [0.717, 1.165) is 19.4 Å². The Balaban J connectivity index is 0.00000208. The topological polar surface area (TPSA) is 77.9 Å². The van der Waals surface area contributed by atoms with Gasteiger partial charge in [0.15, 0.2) is 0 Å². The van der Waals surface area contributed by atoms with Crippen molar-refractivity contribution >= 4 is 30.2 Å². The number of halogens is 1. The number of carboxylic acids is 1. The molecule has 0 aliphatic carbocycles. The van der Waals surface area contributed by atoms with Gasteiger partial charge in [0.25, 0.3) is 11.8 Å². The number of carbonyl (C=O) groups is 3. The van der Waals surface area contributed by atoms with Gasteiger partial charge in [-0.3, -0.25) is 24.2 Å². The summed E-state index contributed by atoms with van der Waals surface area (Å²) in [5, 5.41) is 9.14. The summed E-state index contributed by atoms with van der Waals surface area (Å²) in [5.41, 5.74) is 0.950. The number of rotatable bonds is 6.